The van der Waals surface area contributed by atoms with Gasteiger partial charge in [-0.05, 0) is 24.8 Å². The SMILES string of the molecule is O=C(O)[C@H]1CC[C@@H](N(C(=O)OCc2ccccc2)c2nc(Cl)cs2)C1. The highest BCUT2D eigenvalue weighted by atomic mass is 35.5. The van der Waals surface area contributed by atoms with Crippen LogP contribution in [-0.2, 0) is 16.1 Å². The number of nitrogens with zero attached hydrogens (tertiary/aromatic N) is 2. The number of ether oxygens (including phenoxy) is 1. The number of hydrogen-bond acceptors (Lipinski definition) is 5. The van der Waals surface area contributed by atoms with Crippen LogP contribution >= 0.6 is 22.9 Å². The predicted octanol–water partition coefficient (Wildman–Crippen LogP) is 4.19. The summed E-state index contributed by atoms with van der Waals surface area (Å²) in [5.41, 5.74) is 0.878. The molecule has 1 heterocycles. The molecule has 0 radical (unpaired) electrons. The molecule has 0 aliphatic heterocycles. The molecule has 1 aromatic heterocycles. The van der Waals surface area contributed by atoms with Gasteiger partial charge in [-0.1, -0.05) is 41.9 Å². The van der Waals surface area contributed by atoms with Crippen LogP contribution in [0.2, 0.25) is 5.15 Å². The van der Waals surface area contributed by atoms with E-state index in [9.17, 15) is 14.7 Å². The van der Waals surface area contributed by atoms with E-state index in [2.05, 4.69) is 4.98 Å². The molecular weight excluding hydrogens is 364 g/mol. The van der Waals surface area contributed by atoms with Crippen molar-refractivity contribution in [3.63, 3.8) is 0 Å². The van der Waals surface area contributed by atoms with Gasteiger partial charge < -0.3 is 9.84 Å². The number of amides is 1. The Kier molecular flexibility index (Phi) is 5.55. The van der Waals surface area contributed by atoms with E-state index >= 15 is 0 Å². The van der Waals surface area contributed by atoms with Crippen LogP contribution in [0.1, 0.15) is 24.8 Å². The Morgan fingerprint density at radius 2 is 2.08 bits per heavy atom. The van der Waals surface area contributed by atoms with Crippen LogP contribution in [0.25, 0.3) is 0 Å². The number of carbonyl (C=O) groups excluding carboxylic acids is 1. The lowest BCUT2D eigenvalue weighted by molar-refractivity contribution is -0.141. The van der Waals surface area contributed by atoms with Crippen molar-refractivity contribution in [3.8, 4) is 0 Å². The van der Waals surface area contributed by atoms with Gasteiger partial charge in [0.15, 0.2) is 5.13 Å². The maximum absolute atomic E-state index is 12.7. The summed E-state index contributed by atoms with van der Waals surface area (Å²) in [6.07, 6.45) is 0.967. The smallest absolute Gasteiger partial charge is 0.416 e. The van der Waals surface area contributed by atoms with E-state index in [1.807, 2.05) is 30.3 Å². The van der Waals surface area contributed by atoms with E-state index in [-0.39, 0.29) is 12.6 Å². The number of carboxylic acid groups (broad SMARTS) is 1. The van der Waals surface area contributed by atoms with Gasteiger partial charge in [0.25, 0.3) is 0 Å². The van der Waals surface area contributed by atoms with Gasteiger partial charge in [-0.15, -0.1) is 11.3 Å². The van der Waals surface area contributed by atoms with Gasteiger partial charge in [0, 0.05) is 11.4 Å². The number of halogens is 1. The molecule has 0 unspecified atom stereocenters. The molecule has 1 aliphatic rings. The fourth-order valence-corrected chi connectivity index (χ4v) is 3.95. The zero-order valence-corrected chi connectivity index (χ0v) is 14.9. The normalized spacial score (nSPS) is 19.6. The number of rotatable bonds is 5. The predicted molar refractivity (Wildman–Crippen MR) is 95.0 cm³/mol. The van der Waals surface area contributed by atoms with Gasteiger partial charge >= 0.3 is 12.1 Å². The first kappa shape index (κ1) is 17.7. The second-order valence-corrected chi connectivity index (χ2v) is 7.09. The van der Waals surface area contributed by atoms with Crippen molar-refractivity contribution in [1.82, 2.24) is 4.98 Å². The van der Waals surface area contributed by atoms with E-state index in [1.54, 1.807) is 5.38 Å². The van der Waals surface area contributed by atoms with Gasteiger partial charge in [-0.25, -0.2) is 14.7 Å². The van der Waals surface area contributed by atoms with Crippen LogP contribution in [0.5, 0.6) is 0 Å². The molecule has 1 saturated carbocycles. The summed E-state index contributed by atoms with van der Waals surface area (Å²) in [4.78, 5) is 29.5. The highest BCUT2D eigenvalue weighted by Gasteiger charge is 2.38. The largest absolute Gasteiger partial charge is 0.481 e. The van der Waals surface area contributed by atoms with Crippen LogP contribution in [0.3, 0.4) is 0 Å². The maximum Gasteiger partial charge on any atom is 0.416 e. The van der Waals surface area contributed by atoms with Crippen molar-refractivity contribution >= 4 is 40.1 Å². The van der Waals surface area contributed by atoms with Crippen LogP contribution < -0.4 is 4.90 Å². The molecule has 1 fully saturated rings. The summed E-state index contributed by atoms with van der Waals surface area (Å²) in [6.45, 7) is 0.143. The third kappa shape index (κ3) is 4.29. The quantitative estimate of drug-likeness (QED) is 0.841. The molecule has 1 N–H and O–H groups in total. The minimum absolute atomic E-state index is 0.143. The summed E-state index contributed by atoms with van der Waals surface area (Å²) < 4.78 is 5.43. The molecule has 25 heavy (non-hydrogen) atoms. The number of aromatic nitrogens is 1. The first-order chi connectivity index (χ1) is 12.0. The fourth-order valence-electron chi connectivity index (χ4n) is 2.94. The standard InChI is InChI=1S/C17H17ClN2O4S/c18-14-10-25-16(19-14)20(13-7-6-12(8-13)15(21)22)17(23)24-9-11-4-2-1-3-5-11/h1-5,10,12-13H,6-9H2,(H,21,22)/t12-,13+/m0/s1. The first-order valence-corrected chi connectivity index (χ1v) is 9.14. The number of thiazole rings is 1. The van der Waals surface area contributed by atoms with E-state index in [4.69, 9.17) is 16.3 Å². The minimum Gasteiger partial charge on any atom is -0.481 e. The van der Waals surface area contributed by atoms with Gasteiger partial charge in [-0.3, -0.25) is 4.79 Å². The lowest BCUT2D eigenvalue weighted by atomic mass is 10.1. The molecule has 2 atom stereocenters. The molecule has 132 valence electrons. The molecule has 1 aliphatic carbocycles. The second kappa shape index (κ2) is 7.84. The van der Waals surface area contributed by atoms with Gasteiger partial charge in [0.2, 0.25) is 0 Å². The number of hydrogen-bond donors (Lipinski definition) is 1. The molecule has 0 spiro atoms. The third-order valence-corrected chi connectivity index (χ3v) is 5.35. The number of carboxylic acids is 1. The molecular formula is C17H17ClN2O4S. The Balaban J connectivity index is 1.74. The highest BCUT2D eigenvalue weighted by molar-refractivity contribution is 7.14. The lowest BCUT2D eigenvalue weighted by Gasteiger charge is -2.25. The van der Waals surface area contributed by atoms with Crippen molar-refractivity contribution in [3.05, 3.63) is 46.4 Å². The summed E-state index contributed by atoms with van der Waals surface area (Å²) in [5, 5.41) is 11.6. The Morgan fingerprint density at radius 3 is 2.68 bits per heavy atom. The second-order valence-electron chi connectivity index (χ2n) is 5.87. The topological polar surface area (TPSA) is 79.7 Å². The summed E-state index contributed by atoms with van der Waals surface area (Å²) in [6, 6.07) is 9.11. The molecule has 1 aromatic carbocycles. The van der Waals surface area contributed by atoms with Crippen LogP contribution in [0.4, 0.5) is 9.93 Å². The number of benzene rings is 1. The van der Waals surface area contributed by atoms with Crippen molar-refractivity contribution in [2.45, 2.75) is 31.9 Å². The van der Waals surface area contributed by atoms with Crippen LogP contribution in [0.15, 0.2) is 35.7 Å². The van der Waals surface area contributed by atoms with Crippen LogP contribution in [-0.4, -0.2) is 28.2 Å². The maximum atomic E-state index is 12.7. The van der Waals surface area contributed by atoms with E-state index in [0.29, 0.717) is 29.5 Å². The van der Waals surface area contributed by atoms with Crippen molar-refractivity contribution in [2.75, 3.05) is 4.90 Å². The Hall–Kier alpha value is -2.12. The van der Waals surface area contributed by atoms with E-state index in [0.717, 1.165) is 5.56 Å². The zero-order valence-electron chi connectivity index (χ0n) is 13.3. The molecule has 6 nitrogen and oxygen atoms in total. The molecule has 0 bridgehead atoms. The summed E-state index contributed by atoms with van der Waals surface area (Å²) in [7, 11) is 0. The Labute approximate surface area is 154 Å². The van der Waals surface area contributed by atoms with E-state index in [1.165, 1.54) is 16.2 Å². The lowest BCUT2D eigenvalue weighted by Crippen LogP contribution is -2.39. The van der Waals surface area contributed by atoms with Crippen molar-refractivity contribution < 1.29 is 19.4 Å². The molecule has 0 saturated heterocycles. The number of anilines is 1. The first-order valence-electron chi connectivity index (χ1n) is 7.88. The number of aliphatic carboxylic acids is 1. The average Bonchev–Trinajstić information content (AvgIpc) is 3.24. The highest BCUT2D eigenvalue weighted by Crippen LogP contribution is 2.35. The van der Waals surface area contributed by atoms with Crippen molar-refractivity contribution in [2.24, 2.45) is 5.92 Å². The number of carbonyl (C=O) groups is 2. The van der Waals surface area contributed by atoms with Crippen molar-refractivity contribution in [1.29, 1.82) is 0 Å². The molecule has 3 rings (SSSR count). The van der Waals surface area contributed by atoms with Gasteiger partial charge in [-0.2, -0.15) is 0 Å². The fraction of sp³-hybridized carbons (Fsp3) is 0.353. The Bertz CT molecular complexity index is 752. The van der Waals surface area contributed by atoms with E-state index < -0.39 is 18.0 Å². The Morgan fingerprint density at radius 1 is 1.32 bits per heavy atom. The molecule has 8 heteroatoms. The molecule has 2 aromatic rings. The summed E-state index contributed by atoms with van der Waals surface area (Å²) in [5.74, 6) is -1.29. The van der Waals surface area contributed by atoms with Gasteiger partial charge in [0.05, 0.1) is 5.92 Å². The third-order valence-electron chi connectivity index (χ3n) is 4.19. The molecule has 1 amide bonds. The monoisotopic (exact) mass is 380 g/mol. The van der Waals surface area contributed by atoms with Gasteiger partial charge in [0.1, 0.15) is 11.8 Å². The zero-order chi connectivity index (χ0) is 17.8. The van der Waals surface area contributed by atoms with Crippen LogP contribution in [0, 0.1) is 5.92 Å². The average molecular weight is 381 g/mol. The summed E-state index contributed by atoms with van der Waals surface area (Å²) >= 11 is 7.13. The minimum atomic E-state index is -0.836.